The summed E-state index contributed by atoms with van der Waals surface area (Å²) < 4.78 is 0. The maximum absolute atomic E-state index is 12.3. The van der Waals surface area contributed by atoms with Gasteiger partial charge >= 0.3 is 0 Å². The molecule has 2 rings (SSSR count). The third-order valence-corrected chi connectivity index (χ3v) is 3.94. The summed E-state index contributed by atoms with van der Waals surface area (Å²) in [5, 5.41) is 0. The van der Waals surface area contributed by atoms with E-state index in [1.807, 2.05) is 0 Å². The Kier molecular flexibility index (Phi) is 3.42. The first-order chi connectivity index (χ1) is 7.18. The lowest BCUT2D eigenvalue weighted by molar-refractivity contribution is -0.129. The molecule has 0 N–H and O–H groups in total. The summed E-state index contributed by atoms with van der Waals surface area (Å²) >= 11 is 0. The molecule has 1 atom stereocenters. The van der Waals surface area contributed by atoms with Crippen LogP contribution in [0.25, 0.3) is 0 Å². The van der Waals surface area contributed by atoms with Gasteiger partial charge in [-0.15, -0.1) is 0 Å². The second kappa shape index (κ2) is 4.62. The number of rotatable bonds is 2. The summed E-state index contributed by atoms with van der Waals surface area (Å²) in [6, 6.07) is 0.159. The summed E-state index contributed by atoms with van der Waals surface area (Å²) in [4.78, 5) is 16.8. The van der Waals surface area contributed by atoms with Crippen LogP contribution in [0.4, 0.5) is 0 Å². The fourth-order valence-electron chi connectivity index (χ4n) is 2.80. The first kappa shape index (κ1) is 11.1. The number of ketones is 1. The minimum Gasteiger partial charge on any atom is -0.303 e. The summed E-state index contributed by atoms with van der Waals surface area (Å²) in [5.41, 5.74) is 0. The highest BCUT2D eigenvalue weighted by Gasteiger charge is 2.34. The van der Waals surface area contributed by atoms with Gasteiger partial charge in [0.1, 0.15) is 0 Å². The van der Waals surface area contributed by atoms with Crippen LogP contribution in [0.5, 0.6) is 0 Å². The summed E-state index contributed by atoms with van der Waals surface area (Å²) in [5.74, 6) is 0.866. The van der Waals surface area contributed by atoms with Crippen molar-refractivity contribution < 1.29 is 4.79 Å². The van der Waals surface area contributed by atoms with Crippen molar-refractivity contribution in [1.82, 2.24) is 9.80 Å². The normalized spacial score (nSPS) is 30.9. The van der Waals surface area contributed by atoms with E-state index in [9.17, 15) is 4.79 Å². The first-order valence-corrected chi connectivity index (χ1v) is 6.11. The van der Waals surface area contributed by atoms with Crippen LogP contribution in [0.15, 0.2) is 0 Å². The van der Waals surface area contributed by atoms with E-state index in [4.69, 9.17) is 0 Å². The molecule has 2 fully saturated rings. The molecular formula is C12H22N2O. The highest BCUT2D eigenvalue weighted by Crippen LogP contribution is 2.27. The second-order valence-corrected chi connectivity index (χ2v) is 5.14. The first-order valence-electron chi connectivity index (χ1n) is 6.11. The second-order valence-electron chi connectivity index (χ2n) is 5.14. The molecule has 0 aromatic heterocycles. The van der Waals surface area contributed by atoms with Gasteiger partial charge in [0.2, 0.25) is 0 Å². The van der Waals surface area contributed by atoms with Gasteiger partial charge in [-0.05, 0) is 26.9 Å². The minimum absolute atomic E-state index is 0.159. The number of piperazine rings is 1. The van der Waals surface area contributed by atoms with Crippen molar-refractivity contribution in [3.63, 3.8) is 0 Å². The lowest BCUT2D eigenvalue weighted by atomic mass is 9.94. The molecule has 0 amide bonds. The molecule has 86 valence electrons. The molecule has 1 saturated carbocycles. The van der Waals surface area contributed by atoms with Crippen molar-refractivity contribution in [3.8, 4) is 0 Å². The fourth-order valence-corrected chi connectivity index (χ4v) is 2.80. The van der Waals surface area contributed by atoms with Gasteiger partial charge in [0.25, 0.3) is 0 Å². The Bertz CT molecular complexity index is 236. The number of hydrogen-bond acceptors (Lipinski definition) is 3. The molecule has 3 heteroatoms. The Balaban J connectivity index is 1.97. The largest absolute Gasteiger partial charge is 0.303 e. The minimum atomic E-state index is 0.159. The smallest absolute Gasteiger partial charge is 0.154 e. The zero-order chi connectivity index (χ0) is 10.8. The average Bonchev–Trinajstić information content (AvgIpc) is 2.74. The molecule has 2 aliphatic rings. The maximum Gasteiger partial charge on any atom is 0.154 e. The van der Waals surface area contributed by atoms with E-state index in [-0.39, 0.29) is 6.04 Å². The Hall–Kier alpha value is -0.410. The number of carbonyl (C=O) groups excluding carboxylic acids is 1. The van der Waals surface area contributed by atoms with Gasteiger partial charge in [0.05, 0.1) is 6.04 Å². The fraction of sp³-hybridized carbons (Fsp3) is 0.917. The lowest BCUT2D eigenvalue weighted by Crippen LogP contribution is -2.54. The van der Waals surface area contributed by atoms with Crippen LogP contribution < -0.4 is 0 Å². The Morgan fingerprint density at radius 3 is 2.47 bits per heavy atom. The van der Waals surface area contributed by atoms with Gasteiger partial charge in [-0.2, -0.15) is 0 Å². The van der Waals surface area contributed by atoms with E-state index < -0.39 is 0 Å². The molecule has 1 aliphatic carbocycles. The molecule has 0 radical (unpaired) electrons. The Morgan fingerprint density at radius 2 is 1.80 bits per heavy atom. The van der Waals surface area contributed by atoms with Crippen molar-refractivity contribution in [2.75, 3.05) is 33.7 Å². The third kappa shape index (κ3) is 2.40. The molecular weight excluding hydrogens is 188 g/mol. The van der Waals surface area contributed by atoms with Gasteiger partial charge in [0.15, 0.2) is 5.78 Å². The van der Waals surface area contributed by atoms with Crippen LogP contribution in [-0.2, 0) is 4.79 Å². The predicted octanol–water partition coefficient (Wildman–Crippen LogP) is 0.991. The topological polar surface area (TPSA) is 23.6 Å². The zero-order valence-electron chi connectivity index (χ0n) is 9.91. The van der Waals surface area contributed by atoms with Gasteiger partial charge in [-0.25, -0.2) is 0 Å². The summed E-state index contributed by atoms with van der Waals surface area (Å²) in [6.45, 7) is 3.04. The average molecular weight is 210 g/mol. The van der Waals surface area contributed by atoms with Crippen LogP contribution in [0, 0.1) is 5.92 Å². The van der Waals surface area contributed by atoms with E-state index in [2.05, 4.69) is 23.9 Å². The third-order valence-electron chi connectivity index (χ3n) is 3.94. The van der Waals surface area contributed by atoms with Gasteiger partial charge in [0, 0.05) is 25.6 Å². The van der Waals surface area contributed by atoms with E-state index in [1.165, 1.54) is 12.8 Å². The molecule has 1 aliphatic heterocycles. The predicted molar refractivity (Wildman–Crippen MR) is 60.9 cm³/mol. The van der Waals surface area contributed by atoms with Crippen LogP contribution in [-0.4, -0.2) is 55.4 Å². The van der Waals surface area contributed by atoms with Crippen molar-refractivity contribution in [1.29, 1.82) is 0 Å². The molecule has 0 aromatic carbocycles. The van der Waals surface area contributed by atoms with Crippen LogP contribution >= 0.6 is 0 Å². The van der Waals surface area contributed by atoms with Crippen molar-refractivity contribution in [3.05, 3.63) is 0 Å². The van der Waals surface area contributed by atoms with Crippen LogP contribution in [0.2, 0.25) is 0 Å². The molecule has 1 unspecified atom stereocenters. The Morgan fingerprint density at radius 1 is 1.13 bits per heavy atom. The number of nitrogens with zero attached hydrogens (tertiary/aromatic N) is 2. The number of likely N-dealkylation sites (N-methyl/N-ethyl adjacent to an activating group) is 2. The summed E-state index contributed by atoms with van der Waals surface area (Å²) in [6.07, 6.45) is 4.77. The number of carbonyl (C=O) groups is 1. The quantitative estimate of drug-likeness (QED) is 0.679. The van der Waals surface area contributed by atoms with Crippen molar-refractivity contribution in [2.45, 2.75) is 31.7 Å². The lowest BCUT2D eigenvalue weighted by Gasteiger charge is -2.37. The monoisotopic (exact) mass is 210 g/mol. The highest BCUT2D eigenvalue weighted by atomic mass is 16.1. The Labute approximate surface area is 92.4 Å². The van der Waals surface area contributed by atoms with Gasteiger partial charge in [-0.1, -0.05) is 12.8 Å². The van der Waals surface area contributed by atoms with E-state index >= 15 is 0 Å². The van der Waals surface area contributed by atoms with Crippen molar-refractivity contribution in [2.24, 2.45) is 5.92 Å². The SMILES string of the molecule is CN1CCN(C)C(C(=O)C2CCCC2)C1. The highest BCUT2D eigenvalue weighted by molar-refractivity contribution is 5.86. The standard InChI is InChI=1S/C12H22N2O/c1-13-7-8-14(2)11(9-13)12(15)10-5-3-4-6-10/h10-11H,3-9H2,1-2H3. The van der Waals surface area contributed by atoms with Gasteiger partial charge in [-0.3, -0.25) is 9.69 Å². The summed E-state index contributed by atoms with van der Waals surface area (Å²) in [7, 11) is 4.20. The number of hydrogen-bond donors (Lipinski definition) is 0. The molecule has 0 aromatic rings. The zero-order valence-corrected chi connectivity index (χ0v) is 9.91. The van der Waals surface area contributed by atoms with E-state index in [0.29, 0.717) is 11.7 Å². The van der Waals surface area contributed by atoms with Gasteiger partial charge < -0.3 is 4.90 Å². The molecule has 1 heterocycles. The molecule has 0 bridgehead atoms. The maximum atomic E-state index is 12.3. The van der Waals surface area contributed by atoms with Crippen molar-refractivity contribution >= 4 is 5.78 Å². The molecule has 0 spiro atoms. The van der Waals surface area contributed by atoms with E-state index in [0.717, 1.165) is 32.5 Å². The van der Waals surface area contributed by atoms with E-state index in [1.54, 1.807) is 0 Å². The van der Waals surface area contributed by atoms with Crippen LogP contribution in [0.3, 0.4) is 0 Å². The number of Topliss-reactive ketones (excluding diaryl/α,β-unsaturated/α-hetero) is 1. The molecule has 3 nitrogen and oxygen atoms in total. The van der Waals surface area contributed by atoms with Crippen LogP contribution in [0.1, 0.15) is 25.7 Å². The molecule has 15 heavy (non-hydrogen) atoms. The molecule has 1 saturated heterocycles.